The maximum atomic E-state index is 9.45. The van der Waals surface area contributed by atoms with Crippen molar-refractivity contribution in [3.63, 3.8) is 0 Å². The summed E-state index contributed by atoms with van der Waals surface area (Å²) in [6, 6.07) is 3.89. The van der Waals surface area contributed by atoms with Gasteiger partial charge in [0.2, 0.25) is 5.24 Å². The van der Waals surface area contributed by atoms with Crippen LogP contribution in [0.2, 0.25) is 0 Å². The number of hydrogen-bond donors (Lipinski definition) is 1. The lowest BCUT2D eigenvalue weighted by Gasteiger charge is -1.65. The van der Waals surface area contributed by atoms with Gasteiger partial charge in [0.05, 0.1) is 5.88 Å². The molecule has 0 spiro atoms. The molecule has 0 atom stereocenters. The Morgan fingerprint density at radius 1 is 1.36 bits per heavy atom. The molecule has 0 amide bonds. The van der Waals surface area contributed by atoms with E-state index in [4.69, 9.17) is 23.2 Å². The molecule has 0 unspecified atom stereocenters. The molecule has 0 aromatic carbocycles. The lowest BCUT2D eigenvalue weighted by Crippen LogP contribution is -1.81. The van der Waals surface area contributed by atoms with Crippen molar-refractivity contribution >= 4 is 28.4 Å². The Balaban J connectivity index is 0. The molecule has 11 heavy (non-hydrogen) atoms. The number of halogens is 2. The van der Waals surface area contributed by atoms with E-state index in [1.165, 1.54) is 0 Å². The molecule has 0 aliphatic heterocycles. The molecule has 1 aromatic rings. The van der Waals surface area contributed by atoms with Gasteiger partial charge in [0.25, 0.3) is 0 Å². The van der Waals surface area contributed by atoms with Gasteiger partial charge >= 0.3 is 0 Å². The summed E-state index contributed by atoms with van der Waals surface area (Å²) in [5.74, 6) is -0.0957. The number of nitrogens with one attached hydrogen (secondary N) is 1. The second-order valence-corrected chi connectivity index (χ2v) is 2.06. The van der Waals surface area contributed by atoms with Gasteiger partial charge in [-0.3, -0.25) is 4.79 Å². The molecular weight excluding hydrogens is 189 g/mol. The molecule has 64 valence electrons. The minimum atomic E-state index is -0.508. The minimum Gasteiger partial charge on any atom is -0.412 e. The van der Waals surface area contributed by atoms with Gasteiger partial charge in [-0.2, -0.15) is 0 Å². The molecular formula is C6H9Cl2NO2. The molecule has 3 nitrogen and oxygen atoms in total. The number of H-pyrrole nitrogens is 1. The average molecular weight is 198 g/mol. The predicted octanol–water partition coefficient (Wildman–Crippen LogP) is 1.18. The zero-order chi connectivity index (χ0) is 7.82. The highest BCUT2D eigenvalue weighted by atomic mass is 35.5. The van der Waals surface area contributed by atoms with Crippen molar-refractivity contribution in [3.8, 4) is 0 Å². The second kappa shape index (κ2) is 9.49. The standard InChI is InChI=1S/C4H5N.C2H2Cl2O.H2O/c1-2-4-5-3-1;3-1-2(4)5;/h1-5H;1H2;1H2. The number of rotatable bonds is 1. The third-order valence-electron chi connectivity index (χ3n) is 0.601. The Labute approximate surface area is 74.6 Å². The van der Waals surface area contributed by atoms with Crippen LogP contribution in [0, 0.1) is 0 Å². The van der Waals surface area contributed by atoms with Crippen LogP contribution < -0.4 is 0 Å². The van der Waals surface area contributed by atoms with Crippen molar-refractivity contribution in [1.82, 2.24) is 4.98 Å². The molecule has 3 N–H and O–H groups in total. The van der Waals surface area contributed by atoms with Crippen molar-refractivity contribution in [1.29, 1.82) is 0 Å². The van der Waals surface area contributed by atoms with E-state index >= 15 is 0 Å². The molecule has 0 aliphatic carbocycles. The van der Waals surface area contributed by atoms with Gasteiger partial charge in [-0.15, -0.1) is 11.6 Å². The van der Waals surface area contributed by atoms with Gasteiger partial charge in [-0.1, -0.05) is 0 Å². The van der Waals surface area contributed by atoms with Crippen LogP contribution in [0.1, 0.15) is 0 Å². The first kappa shape index (κ1) is 13.1. The molecule has 0 saturated carbocycles. The predicted molar refractivity (Wildman–Crippen MR) is 46.0 cm³/mol. The molecule has 0 fully saturated rings. The van der Waals surface area contributed by atoms with Crippen LogP contribution >= 0.6 is 23.2 Å². The van der Waals surface area contributed by atoms with Crippen molar-refractivity contribution < 1.29 is 10.3 Å². The fraction of sp³-hybridized carbons (Fsp3) is 0.167. The molecule has 5 heteroatoms. The van der Waals surface area contributed by atoms with E-state index in [9.17, 15) is 4.79 Å². The van der Waals surface area contributed by atoms with Gasteiger partial charge in [0.1, 0.15) is 0 Å². The van der Waals surface area contributed by atoms with E-state index in [1.807, 2.05) is 24.5 Å². The maximum absolute atomic E-state index is 9.45. The summed E-state index contributed by atoms with van der Waals surface area (Å²) in [6.45, 7) is 0. The normalized spacial score (nSPS) is 7.09. The van der Waals surface area contributed by atoms with Crippen molar-refractivity contribution in [2.24, 2.45) is 0 Å². The van der Waals surface area contributed by atoms with E-state index in [-0.39, 0.29) is 11.4 Å². The largest absolute Gasteiger partial charge is 0.412 e. The number of alkyl halides is 1. The topological polar surface area (TPSA) is 64.4 Å². The maximum Gasteiger partial charge on any atom is 0.236 e. The number of carbonyl (C=O) groups is 1. The third kappa shape index (κ3) is 12.6. The molecule has 0 saturated heterocycles. The molecule has 1 rings (SSSR count). The summed E-state index contributed by atoms with van der Waals surface area (Å²) < 4.78 is 0. The fourth-order valence-corrected chi connectivity index (χ4v) is 0.278. The van der Waals surface area contributed by atoms with Crippen LogP contribution in [0.25, 0.3) is 0 Å². The first-order valence-electron chi connectivity index (χ1n) is 2.59. The first-order valence-corrected chi connectivity index (χ1v) is 3.50. The Kier molecular flexibility index (Phi) is 11.3. The molecule has 1 heterocycles. The lowest BCUT2D eigenvalue weighted by atomic mass is 10.7. The Bertz CT molecular complexity index is 148. The average Bonchev–Trinajstić information content (AvgIpc) is 2.43. The van der Waals surface area contributed by atoms with E-state index in [0.29, 0.717) is 0 Å². The second-order valence-electron chi connectivity index (χ2n) is 1.37. The van der Waals surface area contributed by atoms with E-state index < -0.39 is 5.24 Å². The first-order chi connectivity index (χ1) is 4.77. The van der Waals surface area contributed by atoms with Crippen LogP contribution in [0.15, 0.2) is 24.5 Å². The number of hydrogen-bond acceptors (Lipinski definition) is 1. The highest BCUT2D eigenvalue weighted by Crippen LogP contribution is 1.80. The third-order valence-corrected chi connectivity index (χ3v) is 1.11. The highest BCUT2D eigenvalue weighted by Gasteiger charge is 1.83. The summed E-state index contributed by atoms with van der Waals surface area (Å²) in [7, 11) is 0. The molecule has 0 bridgehead atoms. The van der Waals surface area contributed by atoms with E-state index in [2.05, 4.69) is 4.98 Å². The van der Waals surface area contributed by atoms with Crippen molar-refractivity contribution in [2.45, 2.75) is 0 Å². The molecule has 1 aromatic heterocycles. The van der Waals surface area contributed by atoms with E-state index in [1.54, 1.807) is 0 Å². The number of aromatic amines is 1. The smallest absolute Gasteiger partial charge is 0.236 e. The highest BCUT2D eigenvalue weighted by molar-refractivity contribution is 6.67. The SMILES string of the molecule is O.O=C(Cl)CCl.c1cc[nH]c1. The number of carbonyl (C=O) groups excluding carboxylic acids is 1. The summed E-state index contributed by atoms with van der Waals surface area (Å²) in [4.78, 5) is 12.3. The summed E-state index contributed by atoms with van der Waals surface area (Å²) in [5.41, 5.74) is 0. The van der Waals surface area contributed by atoms with Gasteiger partial charge in [0.15, 0.2) is 0 Å². The van der Waals surface area contributed by atoms with Crippen LogP contribution in [-0.4, -0.2) is 21.6 Å². The molecule has 0 radical (unpaired) electrons. The van der Waals surface area contributed by atoms with Gasteiger partial charge in [-0.25, -0.2) is 0 Å². The monoisotopic (exact) mass is 197 g/mol. The minimum absolute atomic E-state index is 0. The van der Waals surface area contributed by atoms with Gasteiger partial charge < -0.3 is 10.5 Å². The Morgan fingerprint density at radius 2 is 1.73 bits per heavy atom. The zero-order valence-electron chi connectivity index (χ0n) is 5.68. The molecule has 0 aliphatic rings. The van der Waals surface area contributed by atoms with Crippen LogP contribution in [0.3, 0.4) is 0 Å². The number of aromatic nitrogens is 1. The summed E-state index contributed by atoms with van der Waals surface area (Å²) >= 11 is 9.55. The Morgan fingerprint density at radius 3 is 1.82 bits per heavy atom. The quantitative estimate of drug-likeness (QED) is 0.534. The van der Waals surface area contributed by atoms with Gasteiger partial charge in [-0.05, 0) is 23.7 Å². The van der Waals surface area contributed by atoms with E-state index in [0.717, 1.165) is 0 Å². The summed E-state index contributed by atoms with van der Waals surface area (Å²) in [5, 5.41) is -0.508. The van der Waals surface area contributed by atoms with Crippen molar-refractivity contribution in [3.05, 3.63) is 24.5 Å². The summed E-state index contributed by atoms with van der Waals surface area (Å²) in [6.07, 6.45) is 3.75. The van der Waals surface area contributed by atoms with Gasteiger partial charge in [0, 0.05) is 12.4 Å². The van der Waals surface area contributed by atoms with Crippen LogP contribution in [0.5, 0.6) is 0 Å². The lowest BCUT2D eigenvalue weighted by molar-refractivity contribution is -0.109. The van der Waals surface area contributed by atoms with Crippen LogP contribution in [0.4, 0.5) is 0 Å². The van der Waals surface area contributed by atoms with Crippen LogP contribution in [-0.2, 0) is 4.79 Å². The fourth-order valence-electron chi connectivity index (χ4n) is 0.278. The van der Waals surface area contributed by atoms with Crippen molar-refractivity contribution in [2.75, 3.05) is 5.88 Å². The zero-order valence-corrected chi connectivity index (χ0v) is 7.19. The Hall–Kier alpha value is -0.510.